The van der Waals surface area contributed by atoms with Crippen LogP contribution in [-0.4, -0.2) is 40.2 Å². The molecule has 0 aliphatic heterocycles. The Labute approximate surface area is 196 Å². The zero-order chi connectivity index (χ0) is 23.7. The maximum atomic E-state index is 12.6. The summed E-state index contributed by atoms with van der Waals surface area (Å²) in [6.45, 7) is 0.212. The number of nitrogens with one attached hydrogen (secondary N) is 2. The molecule has 3 N–H and O–H groups in total. The molecule has 8 heteroatoms. The van der Waals surface area contributed by atoms with Crippen LogP contribution in [0.2, 0.25) is 0 Å². The van der Waals surface area contributed by atoms with Gasteiger partial charge in [0.2, 0.25) is 5.91 Å². The summed E-state index contributed by atoms with van der Waals surface area (Å²) in [6.07, 6.45) is 2.21. The second kappa shape index (κ2) is 8.62. The zero-order valence-corrected chi connectivity index (χ0v) is 18.3. The molecule has 0 unspecified atom stereocenters. The van der Waals surface area contributed by atoms with Gasteiger partial charge in [-0.15, -0.1) is 0 Å². The smallest absolute Gasteiger partial charge is 0.407 e. The van der Waals surface area contributed by atoms with Gasteiger partial charge >= 0.3 is 12.1 Å². The van der Waals surface area contributed by atoms with E-state index in [4.69, 9.17) is 9.84 Å². The number of fused-ring (bicyclic) bond motifs is 3. The van der Waals surface area contributed by atoms with E-state index in [1.807, 2.05) is 24.3 Å². The number of amides is 2. The molecule has 2 aliphatic carbocycles. The normalized spacial score (nSPS) is 15.1. The molecule has 1 saturated carbocycles. The summed E-state index contributed by atoms with van der Waals surface area (Å²) < 4.78 is 5.60. The minimum atomic E-state index is -1.14. The number of aromatic nitrogens is 1. The number of pyridine rings is 1. The lowest BCUT2D eigenvalue weighted by atomic mass is 9.98. The van der Waals surface area contributed by atoms with Gasteiger partial charge < -0.3 is 20.5 Å². The number of hydrogen-bond donors (Lipinski definition) is 3. The number of nitrogens with zero attached hydrogens (tertiary/aromatic N) is 1. The number of carbonyl (C=O) groups is 3. The predicted octanol–water partition coefficient (Wildman–Crippen LogP) is 4.18. The third-order valence-electron chi connectivity index (χ3n) is 6.33. The summed E-state index contributed by atoms with van der Waals surface area (Å²) in [7, 11) is 0. The van der Waals surface area contributed by atoms with Gasteiger partial charge in [-0.05, 0) is 47.2 Å². The second-order valence-corrected chi connectivity index (χ2v) is 8.69. The van der Waals surface area contributed by atoms with Gasteiger partial charge in [0, 0.05) is 5.92 Å². The number of alkyl carbamates (subject to hydrolysis) is 1. The van der Waals surface area contributed by atoms with E-state index in [2.05, 4.69) is 39.9 Å². The molecule has 0 spiro atoms. The molecule has 8 nitrogen and oxygen atoms in total. The van der Waals surface area contributed by atoms with Crippen molar-refractivity contribution in [3.63, 3.8) is 0 Å². The number of carboxylic acid groups (broad SMARTS) is 1. The van der Waals surface area contributed by atoms with Crippen LogP contribution in [0.25, 0.3) is 11.1 Å². The van der Waals surface area contributed by atoms with Crippen molar-refractivity contribution >= 4 is 23.7 Å². The van der Waals surface area contributed by atoms with E-state index in [0.29, 0.717) is 18.5 Å². The van der Waals surface area contributed by atoms with Crippen LogP contribution in [0.4, 0.5) is 10.5 Å². The van der Waals surface area contributed by atoms with Crippen molar-refractivity contribution < 1.29 is 24.2 Å². The lowest BCUT2D eigenvalue weighted by Gasteiger charge is -2.19. The van der Waals surface area contributed by atoms with Gasteiger partial charge in [-0.2, -0.15) is 0 Å². The Bertz CT molecular complexity index is 1220. The molecular formula is C26H23N3O5. The number of benzene rings is 2. The third-order valence-corrected chi connectivity index (χ3v) is 6.33. The molecule has 2 aromatic carbocycles. The number of anilines is 1. The first-order chi connectivity index (χ1) is 16.4. The topological polar surface area (TPSA) is 118 Å². The summed E-state index contributed by atoms with van der Waals surface area (Å²) in [6, 6.07) is 19.1. The largest absolute Gasteiger partial charge is 0.477 e. The van der Waals surface area contributed by atoms with Crippen LogP contribution >= 0.6 is 0 Å². The molecule has 3 aromatic rings. The van der Waals surface area contributed by atoms with E-state index >= 15 is 0 Å². The Morgan fingerprint density at radius 1 is 0.971 bits per heavy atom. The Balaban J connectivity index is 1.17. The SMILES string of the molecule is O=C(CC1(NC(=O)OCC2c3ccccc3-c3ccccc32)CC1)Nc1ccc(C(=O)O)nc1. The number of aromatic carboxylic acids is 1. The first-order valence-electron chi connectivity index (χ1n) is 11.1. The molecule has 1 fully saturated rings. The van der Waals surface area contributed by atoms with Crippen LogP contribution in [0.3, 0.4) is 0 Å². The molecule has 34 heavy (non-hydrogen) atoms. The summed E-state index contributed by atoms with van der Waals surface area (Å²) in [5.41, 5.74) is 4.27. The first kappa shape index (κ1) is 21.6. The lowest BCUT2D eigenvalue weighted by molar-refractivity contribution is -0.116. The van der Waals surface area contributed by atoms with Gasteiger partial charge in [0.15, 0.2) is 0 Å². The minimum absolute atomic E-state index is 0.0297. The number of rotatable bonds is 7. The molecule has 0 saturated heterocycles. The van der Waals surface area contributed by atoms with E-state index < -0.39 is 17.6 Å². The van der Waals surface area contributed by atoms with Gasteiger partial charge in [-0.1, -0.05) is 48.5 Å². The summed E-state index contributed by atoms with van der Waals surface area (Å²) in [5.74, 6) is -1.46. The average molecular weight is 457 g/mol. The van der Waals surface area contributed by atoms with Gasteiger partial charge in [-0.3, -0.25) is 4.79 Å². The molecule has 0 bridgehead atoms. The summed E-state index contributed by atoms with van der Waals surface area (Å²) in [4.78, 5) is 39.7. The van der Waals surface area contributed by atoms with Crippen molar-refractivity contribution in [3.05, 3.63) is 83.7 Å². The highest BCUT2D eigenvalue weighted by Crippen LogP contribution is 2.44. The van der Waals surface area contributed by atoms with Gasteiger partial charge in [0.05, 0.1) is 23.8 Å². The maximum Gasteiger partial charge on any atom is 0.407 e. The van der Waals surface area contributed by atoms with Crippen LogP contribution in [-0.2, 0) is 9.53 Å². The van der Waals surface area contributed by atoms with E-state index in [1.54, 1.807) is 0 Å². The van der Waals surface area contributed by atoms with E-state index in [1.165, 1.54) is 18.3 Å². The average Bonchev–Trinajstić information content (AvgIpc) is 3.49. The van der Waals surface area contributed by atoms with Crippen LogP contribution in [0.1, 0.15) is 46.8 Å². The van der Waals surface area contributed by atoms with Crippen molar-refractivity contribution in [2.24, 2.45) is 0 Å². The van der Waals surface area contributed by atoms with Crippen molar-refractivity contribution in [2.45, 2.75) is 30.7 Å². The highest BCUT2D eigenvalue weighted by molar-refractivity contribution is 5.92. The van der Waals surface area contributed by atoms with Crippen molar-refractivity contribution in [3.8, 4) is 11.1 Å². The molecule has 1 aromatic heterocycles. The van der Waals surface area contributed by atoms with Crippen LogP contribution in [0, 0.1) is 0 Å². The van der Waals surface area contributed by atoms with Crippen molar-refractivity contribution in [1.82, 2.24) is 10.3 Å². The molecule has 5 rings (SSSR count). The first-order valence-corrected chi connectivity index (χ1v) is 11.1. The molecule has 172 valence electrons. The van der Waals surface area contributed by atoms with E-state index in [-0.39, 0.29) is 30.5 Å². The maximum absolute atomic E-state index is 12.6. The fourth-order valence-electron chi connectivity index (χ4n) is 4.45. The Morgan fingerprint density at radius 3 is 2.18 bits per heavy atom. The zero-order valence-electron chi connectivity index (χ0n) is 18.3. The number of carbonyl (C=O) groups excluding carboxylic acids is 2. The second-order valence-electron chi connectivity index (χ2n) is 8.69. The Kier molecular flexibility index (Phi) is 5.49. The van der Waals surface area contributed by atoms with E-state index in [9.17, 15) is 14.4 Å². The minimum Gasteiger partial charge on any atom is -0.477 e. The molecule has 0 atom stereocenters. The van der Waals surface area contributed by atoms with Crippen molar-refractivity contribution in [2.75, 3.05) is 11.9 Å². The van der Waals surface area contributed by atoms with Gasteiger partial charge in [0.1, 0.15) is 12.3 Å². The standard InChI is InChI=1S/C26H23N3O5/c30-23(28-16-9-10-22(24(31)32)27-14-16)13-26(11-12-26)29-25(33)34-15-21-19-7-3-1-5-17(19)18-6-2-4-8-20(18)21/h1-10,14,21H,11-13,15H2,(H,28,30)(H,29,33)(H,31,32). The number of hydrogen-bond acceptors (Lipinski definition) is 5. The fraction of sp³-hybridized carbons (Fsp3) is 0.231. The van der Waals surface area contributed by atoms with E-state index in [0.717, 1.165) is 22.3 Å². The molecule has 0 radical (unpaired) electrons. The van der Waals surface area contributed by atoms with Crippen LogP contribution in [0.5, 0.6) is 0 Å². The highest BCUT2D eigenvalue weighted by Gasteiger charge is 2.46. The highest BCUT2D eigenvalue weighted by atomic mass is 16.5. The molecule has 1 heterocycles. The number of carboxylic acids is 1. The fourth-order valence-corrected chi connectivity index (χ4v) is 4.45. The number of ether oxygens (including phenoxy) is 1. The van der Waals surface area contributed by atoms with Gasteiger partial charge in [0.25, 0.3) is 0 Å². The monoisotopic (exact) mass is 457 g/mol. The molecular weight excluding hydrogens is 434 g/mol. The molecule has 2 amide bonds. The molecule has 2 aliphatic rings. The third kappa shape index (κ3) is 4.34. The summed E-state index contributed by atoms with van der Waals surface area (Å²) >= 11 is 0. The lowest BCUT2D eigenvalue weighted by Crippen LogP contribution is -2.40. The van der Waals surface area contributed by atoms with Crippen molar-refractivity contribution in [1.29, 1.82) is 0 Å². The summed E-state index contributed by atoms with van der Waals surface area (Å²) in [5, 5.41) is 14.5. The van der Waals surface area contributed by atoms with Crippen LogP contribution < -0.4 is 10.6 Å². The van der Waals surface area contributed by atoms with Gasteiger partial charge in [-0.25, -0.2) is 14.6 Å². The quantitative estimate of drug-likeness (QED) is 0.490. The predicted molar refractivity (Wildman–Crippen MR) is 125 cm³/mol. The Hall–Kier alpha value is -4.20. The van der Waals surface area contributed by atoms with Crippen LogP contribution in [0.15, 0.2) is 66.9 Å². The Morgan fingerprint density at radius 2 is 1.62 bits per heavy atom.